The number of carbonyl (C=O) groups is 2. The van der Waals surface area contributed by atoms with Crippen LogP contribution in [-0.2, 0) is 4.79 Å². The van der Waals surface area contributed by atoms with Gasteiger partial charge in [0.2, 0.25) is 0 Å². The summed E-state index contributed by atoms with van der Waals surface area (Å²) in [7, 11) is 0. The molecular formula is C17H16O4. The summed E-state index contributed by atoms with van der Waals surface area (Å²) in [6.07, 6.45) is 0.708. The van der Waals surface area contributed by atoms with Gasteiger partial charge in [-0.1, -0.05) is 29.8 Å². The van der Waals surface area contributed by atoms with Gasteiger partial charge in [0.05, 0.1) is 11.5 Å². The molecular weight excluding hydrogens is 268 g/mol. The number of hydrogen-bond donors (Lipinski definition) is 2. The highest BCUT2D eigenvalue weighted by molar-refractivity contribution is 6.04. The Labute approximate surface area is 122 Å². The molecule has 2 rings (SSSR count). The second-order valence-electron chi connectivity index (χ2n) is 4.93. The molecule has 2 aromatic rings. The highest BCUT2D eigenvalue weighted by Gasteiger charge is 2.24. The number of phenolic OH excluding ortho intramolecular Hbond substituents is 2. The van der Waals surface area contributed by atoms with Gasteiger partial charge in [-0.15, -0.1) is 0 Å². The number of carbonyl (C=O) groups excluding carboxylic acids is 2. The molecule has 0 heterocycles. The maximum Gasteiger partial charge on any atom is 0.174 e. The maximum absolute atomic E-state index is 12.6. The SMILES string of the molecule is Cc1ccc(C(CC=O)C(=O)c2cc(O)ccc2O)cc1. The van der Waals surface area contributed by atoms with Gasteiger partial charge in [-0.05, 0) is 30.7 Å². The molecule has 0 amide bonds. The zero-order valence-electron chi connectivity index (χ0n) is 11.6. The largest absolute Gasteiger partial charge is 0.508 e. The van der Waals surface area contributed by atoms with E-state index in [0.717, 1.165) is 5.56 Å². The molecule has 0 bridgehead atoms. The van der Waals surface area contributed by atoms with Gasteiger partial charge in [-0.2, -0.15) is 0 Å². The Morgan fingerprint density at radius 2 is 1.81 bits per heavy atom. The van der Waals surface area contributed by atoms with Crippen LogP contribution in [0.25, 0.3) is 0 Å². The zero-order valence-corrected chi connectivity index (χ0v) is 11.6. The van der Waals surface area contributed by atoms with Crippen LogP contribution in [0, 0.1) is 6.92 Å². The minimum atomic E-state index is -0.671. The molecule has 0 aliphatic heterocycles. The maximum atomic E-state index is 12.6. The minimum absolute atomic E-state index is 0.0161. The van der Waals surface area contributed by atoms with Crippen LogP contribution < -0.4 is 0 Å². The van der Waals surface area contributed by atoms with Gasteiger partial charge in [-0.3, -0.25) is 4.79 Å². The summed E-state index contributed by atoms with van der Waals surface area (Å²) in [4.78, 5) is 23.4. The predicted molar refractivity (Wildman–Crippen MR) is 78.7 cm³/mol. The fraction of sp³-hybridized carbons (Fsp3) is 0.176. The van der Waals surface area contributed by atoms with Crippen LogP contribution in [0.4, 0.5) is 0 Å². The summed E-state index contributed by atoms with van der Waals surface area (Å²) in [6.45, 7) is 1.93. The summed E-state index contributed by atoms with van der Waals surface area (Å²) >= 11 is 0. The van der Waals surface area contributed by atoms with Crippen LogP contribution >= 0.6 is 0 Å². The number of aryl methyl sites for hydroxylation is 1. The van der Waals surface area contributed by atoms with E-state index < -0.39 is 5.92 Å². The first kappa shape index (κ1) is 14.8. The first-order valence-corrected chi connectivity index (χ1v) is 6.59. The summed E-state index contributed by atoms with van der Waals surface area (Å²) < 4.78 is 0. The molecule has 0 radical (unpaired) electrons. The molecule has 0 saturated heterocycles. The topological polar surface area (TPSA) is 74.6 Å². The third-order valence-corrected chi connectivity index (χ3v) is 3.37. The molecule has 0 saturated carbocycles. The minimum Gasteiger partial charge on any atom is -0.508 e. The van der Waals surface area contributed by atoms with Crippen molar-refractivity contribution in [3.05, 3.63) is 59.2 Å². The molecule has 1 unspecified atom stereocenters. The highest BCUT2D eigenvalue weighted by atomic mass is 16.3. The van der Waals surface area contributed by atoms with Crippen LogP contribution in [0.3, 0.4) is 0 Å². The quantitative estimate of drug-likeness (QED) is 0.503. The van der Waals surface area contributed by atoms with E-state index in [1.54, 1.807) is 12.1 Å². The molecule has 108 valence electrons. The predicted octanol–water partition coefficient (Wildman–Crippen LogP) is 2.96. The number of hydrogen-bond acceptors (Lipinski definition) is 4. The molecule has 0 fully saturated rings. The van der Waals surface area contributed by atoms with Gasteiger partial charge in [0, 0.05) is 6.42 Å². The van der Waals surface area contributed by atoms with Gasteiger partial charge >= 0.3 is 0 Å². The lowest BCUT2D eigenvalue weighted by Crippen LogP contribution is -2.14. The first-order chi connectivity index (χ1) is 10.0. The number of aromatic hydroxyl groups is 2. The molecule has 0 aromatic heterocycles. The molecule has 1 atom stereocenters. The van der Waals surface area contributed by atoms with Crippen LogP contribution in [0.1, 0.15) is 33.8 Å². The van der Waals surface area contributed by atoms with E-state index in [1.807, 2.05) is 19.1 Å². The Morgan fingerprint density at radius 1 is 1.14 bits per heavy atom. The van der Waals surface area contributed by atoms with Gasteiger partial charge in [0.15, 0.2) is 5.78 Å². The third-order valence-electron chi connectivity index (χ3n) is 3.37. The average molecular weight is 284 g/mol. The summed E-state index contributed by atoms with van der Waals surface area (Å²) in [5.41, 5.74) is 1.78. The van der Waals surface area contributed by atoms with E-state index >= 15 is 0 Å². The number of rotatable bonds is 5. The monoisotopic (exact) mass is 284 g/mol. The smallest absolute Gasteiger partial charge is 0.174 e. The lowest BCUT2D eigenvalue weighted by molar-refractivity contribution is -0.108. The highest BCUT2D eigenvalue weighted by Crippen LogP contribution is 2.30. The van der Waals surface area contributed by atoms with Crippen LogP contribution in [0.2, 0.25) is 0 Å². The molecule has 2 aromatic carbocycles. The Hall–Kier alpha value is -2.62. The normalized spacial score (nSPS) is 11.9. The van der Waals surface area contributed by atoms with Crippen LogP contribution in [0.15, 0.2) is 42.5 Å². The lowest BCUT2D eigenvalue weighted by Gasteiger charge is -2.15. The van der Waals surface area contributed by atoms with E-state index in [1.165, 1.54) is 18.2 Å². The van der Waals surface area contributed by atoms with Gasteiger partial charge in [-0.25, -0.2) is 0 Å². The number of aldehydes is 1. The van der Waals surface area contributed by atoms with E-state index in [9.17, 15) is 19.8 Å². The van der Waals surface area contributed by atoms with E-state index in [4.69, 9.17) is 0 Å². The Morgan fingerprint density at radius 3 is 2.43 bits per heavy atom. The van der Waals surface area contributed by atoms with Gasteiger partial charge < -0.3 is 15.0 Å². The average Bonchev–Trinajstić information content (AvgIpc) is 2.48. The number of Topliss-reactive ketones (excluding diaryl/α,β-unsaturated/α-hetero) is 1. The standard InChI is InChI=1S/C17H16O4/c1-11-2-4-12(5-3-11)14(8-9-18)17(21)15-10-13(19)6-7-16(15)20/h2-7,9-10,14,19-20H,8H2,1H3. The van der Waals surface area contributed by atoms with Crippen LogP contribution in [-0.4, -0.2) is 22.3 Å². The van der Waals surface area contributed by atoms with E-state index in [0.29, 0.717) is 11.8 Å². The summed E-state index contributed by atoms with van der Waals surface area (Å²) in [5.74, 6) is -1.37. The summed E-state index contributed by atoms with van der Waals surface area (Å²) in [6, 6.07) is 11.1. The number of phenols is 2. The second kappa shape index (κ2) is 6.22. The van der Waals surface area contributed by atoms with Crippen molar-refractivity contribution in [3.8, 4) is 11.5 Å². The number of benzene rings is 2. The molecule has 0 aliphatic rings. The second-order valence-corrected chi connectivity index (χ2v) is 4.93. The van der Waals surface area contributed by atoms with Gasteiger partial charge in [0.1, 0.15) is 17.8 Å². The van der Waals surface area contributed by atoms with Crippen LogP contribution in [0.5, 0.6) is 11.5 Å². The first-order valence-electron chi connectivity index (χ1n) is 6.59. The fourth-order valence-electron chi connectivity index (χ4n) is 2.20. The third kappa shape index (κ3) is 3.28. The molecule has 21 heavy (non-hydrogen) atoms. The Bertz CT molecular complexity index is 659. The van der Waals surface area contributed by atoms with Crippen molar-refractivity contribution in [2.45, 2.75) is 19.3 Å². The van der Waals surface area contributed by atoms with Crippen molar-refractivity contribution in [1.29, 1.82) is 0 Å². The van der Waals surface area contributed by atoms with Crippen molar-refractivity contribution < 1.29 is 19.8 Å². The van der Waals surface area contributed by atoms with Crippen molar-refractivity contribution in [2.24, 2.45) is 0 Å². The molecule has 2 N–H and O–H groups in total. The molecule has 0 spiro atoms. The fourth-order valence-corrected chi connectivity index (χ4v) is 2.20. The van der Waals surface area contributed by atoms with Gasteiger partial charge in [0.25, 0.3) is 0 Å². The Kier molecular flexibility index (Phi) is 4.38. The van der Waals surface area contributed by atoms with Crippen molar-refractivity contribution in [1.82, 2.24) is 0 Å². The molecule has 0 aliphatic carbocycles. The number of ketones is 1. The summed E-state index contributed by atoms with van der Waals surface area (Å²) in [5, 5.41) is 19.3. The van der Waals surface area contributed by atoms with E-state index in [2.05, 4.69) is 0 Å². The van der Waals surface area contributed by atoms with Crippen molar-refractivity contribution in [3.63, 3.8) is 0 Å². The molecule has 4 heteroatoms. The van der Waals surface area contributed by atoms with Crippen molar-refractivity contribution in [2.75, 3.05) is 0 Å². The molecule has 4 nitrogen and oxygen atoms in total. The Balaban J connectivity index is 2.42. The van der Waals surface area contributed by atoms with Crippen molar-refractivity contribution >= 4 is 12.1 Å². The van der Waals surface area contributed by atoms with E-state index in [-0.39, 0.29) is 29.3 Å². The zero-order chi connectivity index (χ0) is 15.4. The lowest BCUT2D eigenvalue weighted by atomic mass is 9.87.